The van der Waals surface area contributed by atoms with Crippen molar-refractivity contribution in [2.24, 2.45) is 0 Å². The second-order valence-corrected chi connectivity index (χ2v) is 4.94. The van der Waals surface area contributed by atoms with Crippen molar-refractivity contribution in [3.8, 4) is 0 Å². The molecule has 6 heteroatoms. The Kier molecular flexibility index (Phi) is 3.23. The summed E-state index contributed by atoms with van der Waals surface area (Å²) in [7, 11) is 0. The molecule has 2 aromatic heterocycles. The summed E-state index contributed by atoms with van der Waals surface area (Å²) < 4.78 is 0. The molecule has 0 unspecified atom stereocenters. The van der Waals surface area contributed by atoms with Crippen LogP contribution in [0.2, 0.25) is 0 Å². The van der Waals surface area contributed by atoms with Gasteiger partial charge in [-0.1, -0.05) is 6.92 Å². The smallest absolute Gasteiger partial charge is 0.260 e. The van der Waals surface area contributed by atoms with Gasteiger partial charge < -0.3 is 0 Å². The van der Waals surface area contributed by atoms with Crippen LogP contribution in [0.4, 0.5) is 5.13 Å². The van der Waals surface area contributed by atoms with Crippen LogP contribution in [0.5, 0.6) is 0 Å². The summed E-state index contributed by atoms with van der Waals surface area (Å²) in [6, 6.07) is 0. The van der Waals surface area contributed by atoms with Crippen molar-refractivity contribution in [1.29, 1.82) is 0 Å². The SMILES string of the molecule is CCc1nc(NC(=O)c2cn[nH]c2C)sc1C. The number of carbonyl (C=O) groups is 1. The number of nitrogens with zero attached hydrogens (tertiary/aromatic N) is 2. The highest BCUT2D eigenvalue weighted by Crippen LogP contribution is 2.22. The maximum absolute atomic E-state index is 11.9. The van der Waals surface area contributed by atoms with Gasteiger partial charge in [0.05, 0.1) is 17.5 Å². The lowest BCUT2D eigenvalue weighted by Crippen LogP contribution is -2.12. The Morgan fingerprint density at radius 1 is 1.53 bits per heavy atom. The van der Waals surface area contributed by atoms with Gasteiger partial charge >= 0.3 is 0 Å². The predicted octanol–water partition coefficient (Wildman–Crippen LogP) is 2.30. The number of aromatic amines is 1. The fourth-order valence-electron chi connectivity index (χ4n) is 1.55. The zero-order valence-corrected chi connectivity index (χ0v) is 10.8. The van der Waals surface area contributed by atoms with Crippen molar-refractivity contribution in [3.63, 3.8) is 0 Å². The summed E-state index contributed by atoms with van der Waals surface area (Å²) >= 11 is 1.50. The van der Waals surface area contributed by atoms with E-state index in [1.165, 1.54) is 17.5 Å². The van der Waals surface area contributed by atoms with Crippen molar-refractivity contribution >= 4 is 22.4 Å². The lowest BCUT2D eigenvalue weighted by Gasteiger charge is -1.99. The van der Waals surface area contributed by atoms with Crippen molar-refractivity contribution in [2.45, 2.75) is 27.2 Å². The number of hydrogen-bond acceptors (Lipinski definition) is 4. The van der Waals surface area contributed by atoms with Gasteiger partial charge in [0.25, 0.3) is 5.91 Å². The first kappa shape index (κ1) is 11.8. The Bertz CT molecular complexity index is 543. The zero-order valence-electron chi connectivity index (χ0n) is 10.00. The monoisotopic (exact) mass is 250 g/mol. The predicted molar refractivity (Wildman–Crippen MR) is 67.5 cm³/mol. The average Bonchev–Trinajstić information content (AvgIpc) is 2.84. The number of carbonyl (C=O) groups excluding carboxylic acids is 1. The molecule has 1 amide bonds. The first-order valence-corrected chi connectivity index (χ1v) is 6.21. The van der Waals surface area contributed by atoms with E-state index in [1.54, 1.807) is 0 Å². The number of hydrogen-bond donors (Lipinski definition) is 2. The second kappa shape index (κ2) is 4.67. The molecule has 17 heavy (non-hydrogen) atoms. The van der Waals surface area contributed by atoms with E-state index in [-0.39, 0.29) is 5.91 Å². The lowest BCUT2D eigenvalue weighted by atomic mass is 10.2. The quantitative estimate of drug-likeness (QED) is 0.878. The van der Waals surface area contributed by atoms with Crippen molar-refractivity contribution in [2.75, 3.05) is 5.32 Å². The first-order valence-electron chi connectivity index (χ1n) is 5.39. The largest absolute Gasteiger partial charge is 0.298 e. The van der Waals surface area contributed by atoms with Crippen LogP contribution >= 0.6 is 11.3 Å². The lowest BCUT2D eigenvalue weighted by molar-refractivity contribution is 0.102. The minimum atomic E-state index is -0.173. The number of anilines is 1. The maximum Gasteiger partial charge on any atom is 0.260 e. The molecule has 0 atom stereocenters. The summed E-state index contributed by atoms with van der Waals surface area (Å²) in [5, 5.41) is 9.99. The maximum atomic E-state index is 11.9. The molecule has 0 spiro atoms. The van der Waals surface area contributed by atoms with Gasteiger partial charge in [0, 0.05) is 10.6 Å². The molecule has 0 aliphatic rings. The van der Waals surface area contributed by atoms with Crippen LogP contribution in [0.3, 0.4) is 0 Å². The van der Waals surface area contributed by atoms with Crippen LogP contribution < -0.4 is 5.32 Å². The number of rotatable bonds is 3. The number of nitrogens with one attached hydrogen (secondary N) is 2. The van der Waals surface area contributed by atoms with E-state index in [0.29, 0.717) is 10.7 Å². The molecule has 0 aliphatic carbocycles. The molecule has 2 rings (SSSR count). The van der Waals surface area contributed by atoms with Crippen molar-refractivity contribution in [1.82, 2.24) is 15.2 Å². The molecule has 0 saturated carbocycles. The minimum Gasteiger partial charge on any atom is -0.298 e. The van der Waals surface area contributed by atoms with Gasteiger partial charge in [0.1, 0.15) is 0 Å². The standard InChI is InChI=1S/C11H14N4OS/c1-4-9-7(3)17-11(13-9)14-10(16)8-5-12-15-6(8)2/h5H,4H2,1-3H3,(H,12,15)(H,13,14,16). The normalized spacial score (nSPS) is 10.5. The van der Waals surface area contributed by atoms with E-state index >= 15 is 0 Å². The molecular formula is C11H14N4OS. The molecule has 5 nitrogen and oxygen atoms in total. The first-order chi connectivity index (χ1) is 8.11. The van der Waals surface area contributed by atoms with Gasteiger partial charge in [-0.15, -0.1) is 11.3 Å². The molecule has 0 bridgehead atoms. The van der Waals surface area contributed by atoms with Crippen molar-refractivity contribution in [3.05, 3.63) is 28.0 Å². The second-order valence-electron chi connectivity index (χ2n) is 3.74. The minimum absolute atomic E-state index is 0.173. The van der Waals surface area contributed by atoms with E-state index in [2.05, 4.69) is 20.5 Å². The van der Waals surface area contributed by atoms with Crippen molar-refractivity contribution < 1.29 is 4.79 Å². The molecule has 2 heterocycles. The highest BCUT2D eigenvalue weighted by atomic mass is 32.1. The summed E-state index contributed by atoms with van der Waals surface area (Å²) in [6.07, 6.45) is 2.40. The Morgan fingerprint density at radius 3 is 2.82 bits per heavy atom. The molecular weight excluding hydrogens is 236 g/mol. The molecule has 0 radical (unpaired) electrons. The topological polar surface area (TPSA) is 70.7 Å². The van der Waals surface area contributed by atoms with Crippen LogP contribution in [0.25, 0.3) is 0 Å². The van der Waals surface area contributed by atoms with E-state index in [1.807, 2.05) is 20.8 Å². The fraction of sp³-hybridized carbons (Fsp3) is 0.364. The van der Waals surface area contributed by atoms with Gasteiger partial charge in [-0.3, -0.25) is 15.2 Å². The third kappa shape index (κ3) is 2.36. The molecule has 2 aromatic rings. The molecule has 0 aliphatic heterocycles. The number of aromatic nitrogens is 3. The van der Waals surface area contributed by atoms with E-state index < -0.39 is 0 Å². The Labute approximate surface area is 103 Å². The molecule has 2 N–H and O–H groups in total. The molecule has 90 valence electrons. The number of H-pyrrole nitrogens is 1. The average molecular weight is 250 g/mol. The summed E-state index contributed by atoms with van der Waals surface area (Å²) in [4.78, 5) is 17.4. The Hall–Kier alpha value is -1.69. The fourth-order valence-corrected chi connectivity index (χ4v) is 2.45. The molecule has 0 aromatic carbocycles. The van der Waals surface area contributed by atoms with Gasteiger partial charge in [0.2, 0.25) is 0 Å². The van der Waals surface area contributed by atoms with Crippen LogP contribution in [0.1, 0.15) is 33.5 Å². The third-order valence-electron chi connectivity index (χ3n) is 2.52. The summed E-state index contributed by atoms with van der Waals surface area (Å²) in [5.74, 6) is -0.173. The summed E-state index contributed by atoms with van der Waals surface area (Å²) in [6.45, 7) is 5.87. The molecule has 0 fully saturated rings. The van der Waals surface area contributed by atoms with E-state index in [0.717, 1.165) is 22.7 Å². The van der Waals surface area contributed by atoms with E-state index in [4.69, 9.17) is 0 Å². The Morgan fingerprint density at radius 2 is 2.29 bits per heavy atom. The number of aryl methyl sites for hydroxylation is 3. The number of thiazole rings is 1. The van der Waals surface area contributed by atoms with Gasteiger partial charge in [0.15, 0.2) is 5.13 Å². The van der Waals surface area contributed by atoms with Crippen LogP contribution in [0.15, 0.2) is 6.20 Å². The molecule has 0 saturated heterocycles. The zero-order chi connectivity index (χ0) is 12.4. The van der Waals surface area contributed by atoms with Gasteiger partial charge in [-0.25, -0.2) is 4.98 Å². The number of amides is 1. The van der Waals surface area contributed by atoms with E-state index in [9.17, 15) is 4.79 Å². The van der Waals surface area contributed by atoms with Gasteiger partial charge in [-0.05, 0) is 20.3 Å². The summed E-state index contributed by atoms with van der Waals surface area (Å²) in [5.41, 5.74) is 2.34. The van der Waals surface area contributed by atoms with Gasteiger partial charge in [-0.2, -0.15) is 5.10 Å². The Balaban J connectivity index is 2.16. The van der Waals surface area contributed by atoms with Crippen LogP contribution in [-0.4, -0.2) is 21.1 Å². The highest BCUT2D eigenvalue weighted by molar-refractivity contribution is 7.15. The highest BCUT2D eigenvalue weighted by Gasteiger charge is 2.13. The van der Waals surface area contributed by atoms with Crippen LogP contribution in [0, 0.1) is 13.8 Å². The van der Waals surface area contributed by atoms with Crippen LogP contribution in [-0.2, 0) is 6.42 Å². The third-order valence-corrected chi connectivity index (χ3v) is 3.45.